The standard InChI is InChI=1S/C26H27F6N3O.C24H25F6NO4/c1-18(19-12-21(25(27,28)29)14-22(13-19)26(30,31)32)36-15-24(20-6-4-3-5-7-20)10-8-23(2,9-11-24)35-16-33-34-17-35;1-16(17-12-19(23(25,26)27)14-20(13-17)24(28,29)30)34-15-22(18-6-4-3-5-7-18)10-8-21(2,9-11-22)35-31(32)33/h3-7,12-14,16-18H,8-11,15H2,1-2H3;3-7,12-14,16H,8-11,15H2,1-2H3/t18-,23?,24?;16-,21?,22?/m11/s1. The monoisotopic (exact) mass is 1020 g/mol. The fourth-order valence-electron chi connectivity index (χ4n) is 9.34. The van der Waals surface area contributed by atoms with E-state index in [9.17, 15) is 62.8 Å². The first-order chi connectivity index (χ1) is 33.0. The van der Waals surface area contributed by atoms with Gasteiger partial charge >= 0.3 is 24.7 Å². The Morgan fingerprint density at radius 2 is 0.873 bits per heavy atom. The van der Waals surface area contributed by atoms with Gasteiger partial charge in [-0.15, -0.1) is 20.3 Å². The summed E-state index contributed by atoms with van der Waals surface area (Å²) in [6.07, 6.45) is -13.9. The highest BCUT2D eigenvalue weighted by Crippen LogP contribution is 2.49. The van der Waals surface area contributed by atoms with Gasteiger partial charge in [0.25, 0.3) is 5.09 Å². The summed E-state index contributed by atoms with van der Waals surface area (Å²) in [7, 11) is 0. The maximum absolute atomic E-state index is 13.3. The second-order valence-electron chi connectivity index (χ2n) is 19.0. The van der Waals surface area contributed by atoms with E-state index in [4.69, 9.17) is 14.3 Å². The molecule has 21 heteroatoms. The molecule has 0 saturated heterocycles. The van der Waals surface area contributed by atoms with E-state index in [0.29, 0.717) is 37.8 Å². The lowest BCUT2D eigenvalue weighted by Gasteiger charge is -2.46. The highest BCUT2D eigenvalue weighted by atomic mass is 19.4. The van der Waals surface area contributed by atoms with Crippen LogP contribution in [0.2, 0.25) is 0 Å². The first-order valence-electron chi connectivity index (χ1n) is 22.6. The van der Waals surface area contributed by atoms with Crippen LogP contribution in [0.3, 0.4) is 0 Å². The number of halogens is 12. The van der Waals surface area contributed by atoms with Crippen molar-refractivity contribution in [3.63, 3.8) is 0 Å². The first-order valence-corrected chi connectivity index (χ1v) is 22.6. The Kier molecular flexibility index (Phi) is 16.0. The van der Waals surface area contributed by atoms with Crippen LogP contribution in [0.25, 0.3) is 0 Å². The molecule has 0 N–H and O–H groups in total. The fraction of sp³-hybridized carbons (Fsp3) is 0.480. The molecule has 71 heavy (non-hydrogen) atoms. The van der Waals surface area contributed by atoms with Crippen molar-refractivity contribution in [2.24, 2.45) is 0 Å². The van der Waals surface area contributed by atoms with Crippen LogP contribution < -0.4 is 0 Å². The molecule has 386 valence electrons. The van der Waals surface area contributed by atoms with Gasteiger partial charge in [0.2, 0.25) is 0 Å². The third kappa shape index (κ3) is 13.4. The quantitative estimate of drug-likeness (QED) is 0.0658. The first kappa shape index (κ1) is 54.6. The molecule has 0 spiro atoms. The van der Waals surface area contributed by atoms with Crippen molar-refractivity contribution < 1.29 is 72.1 Å². The van der Waals surface area contributed by atoms with E-state index in [2.05, 4.69) is 17.1 Å². The number of nitrogens with zero attached hydrogens (tertiary/aromatic N) is 4. The summed E-state index contributed by atoms with van der Waals surface area (Å²) in [6.45, 7) is 6.81. The molecule has 0 unspecified atom stereocenters. The molecule has 7 rings (SSSR count). The van der Waals surface area contributed by atoms with Crippen LogP contribution in [0.5, 0.6) is 0 Å². The van der Waals surface area contributed by atoms with Crippen molar-refractivity contribution in [2.75, 3.05) is 13.2 Å². The number of rotatable bonds is 13. The zero-order valence-corrected chi connectivity index (χ0v) is 39.0. The molecule has 5 aromatic rings. The van der Waals surface area contributed by atoms with E-state index in [1.807, 2.05) is 65.2 Å². The zero-order valence-electron chi connectivity index (χ0n) is 39.0. The Hall–Kier alpha value is -5.70. The molecule has 2 fully saturated rings. The van der Waals surface area contributed by atoms with E-state index >= 15 is 0 Å². The second-order valence-corrected chi connectivity index (χ2v) is 19.0. The third-order valence-corrected chi connectivity index (χ3v) is 14.0. The normalized spacial score (nSPS) is 24.1. The predicted octanol–water partition coefficient (Wildman–Crippen LogP) is 14.6. The molecule has 4 aromatic carbocycles. The molecule has 2 aliphatic rings. The maximum Gasteiger partial charge on any atom is 0.416 e. The van der Waals surface area contributed by atoms with E-state index in [1.54, 1.807) is 19.6 Å². The van der Waals surface area contributed by atoms with E-state index in [1.165, 1.54) is 13.8 Å². The van der Waals surface area contributed by atoms with Crippen LogP contribution in [-0.4, -0.2) is 38.7 Å². The van der Waals surface area contributed by atoms with Gasteiger partial charge in [-0.2, -0.15) is 52.7 Å². The zero-order chi connectivity index (χ0) is 52.3. The Morgan fingerprint density at radius 3 is 1.18 bits per heavy atom. The van der Waals surface area contributed by atoms with Crippen LogP contribution in [0.4, 0.5) is 52.7 Å². The topological polar surface area (TPSA) is 102 Å². The van der Waals surface area contributed by atoms with Crippen molar-refractivity contribution >= 4 is 0 Å². The van der Waals surface area contributed by atoms with E-state index < -0.39 is 80.7 Å². The average molecular weight is 1020 g/mol. The fourth-order valence-corrected chi connectivity index (χ4v) is 9.34. The Bertz CT molecular complexity index is 2470. The van der Waals surface area contributed by atoms with Gasteiger partial charge in [-0.1, -0.05) is 60.7 Å². The highest BCUT2D eigenvalue weighted by molar-refractivity contribution is 5.36. The summed E-state index contributed by atoms with van der Waals surface area (Å²) in [5.41, 5.74) is -6.25. The van der Waals surface area contributed by atoms with E-state index in [0.717, 1.165) is 48.9 Å². The minimum atomic E-state index is -4.95. The molecular formula is C50H52F12N4O5. The van der Waals surface area contributed by atoms with Gasteiger partial charge in [-0.05, 0) is 138 Å². The number of benzene rings is 4. The molecule has 9 nitrogen and oxygen atoms in total. The molecular weight excluding hydrogens is 965 g/mol. The number of aromatic nitrogens is 3. The van der Waals surface area contributed by atoms with Crippen molar-refractivity contribution in [1.29, 1.82) is 0 Å². The summed E-state index contributed by atoms with van der Waals surface area (Å²) in [5, 5.41) is 17.9. The number of hydrogen-bond acceptors (Lipinski definition) is 7. The minimum Gasteiger partial charge on any atom is -0.373 e. The van der Waals surface area contributed by atoms with Crippen LogP contribution in [0, 0.1) is 10.1 Å². The van der Waals surface area contributed by atoms with Crippen molar-refractivity contribution in [2.45, 2.75) is 138 Å². The molecule has 2 atom stereocenters. The molecule has 0 amide bonds. The van der Waals surface area contributed by atoms with Gasteiger partial charge in [0, 0.05) is 16.4 Å². The van der Waals surface area contributed by atoms with Gasteiger partial charge in [-0.3, -0.25) is 0 Å². The Labute approximate surface area is 401 Å². The molecule has 1 heterocycles. The summed E-state index contributed by atoms with van der Waals surface area (Å²) >= 11 is 0. The highest BCUT2D eigenvalue weighted by Gasteiger charge is 2.46. The Morgan fingerprint density at radius 1 is 0.549 bits per heavy atom. The van der Waals surface area contributed by atoms with Gasteiger partial charge < -0.3 is 18.9 Å². The minimum absolute atomic E-state index is 0.00429. The molecule has 0 bridgehead atoms. The number of alkyl halides is 12. The molecule has 0 aliphatic heterocycles. The van der Waals surface area contributed by atoms with Crippen molar-refractivity contribution in [1.82, 2.24) is 14.8 Å². The largest absolute Gasteiger partial charge is 0.416 e. The average Bonchev–Trinajstić information content (AvgIpc) is 3.87. The van der Waals surface area contributed by atoms with Gasteiger partial charge in [0.1, 0.15) is 18.3 Å². The van der Waals surface area contributed by atoms with E-state index in [-0.39, 0.29) is 42.0 Å². The Balaban J connectivity index is 0.000000233. The maximum atomic E-state index is 13.3. The summed E-state index contributed by atoms with van der Waals surface area (Å²) in [4.78, 5) is 15.7. The lowest BCUT2D eigenvalue weighted by atomic mass is 9.65. The van der Waals surface area contributed by atoms with Gasteiger partial charge in [0.05, 0.1) is 47.7 Å². The molecule has 0 radical (unpaired) electrons. The molecule has 2 aliphatic carbocycles. The van der Waals surface area contributed by atoms with Crippen LogP contribution in [-0.2, 0) is 55.4 Å². The van der Waals surface area contributed by atoms with Crippen LogP contribution in [0.15, 0.2) is 110 Å². The van der Waals surface area contributed by atoms with Crippen molar-refractivity contribution in [3.8, 4) is 0 Å². The van der Waals surface area contributed by atoms with Gasteiger partial charge in [-0.25, -0.2) is 0 Å². The summed E-state index contributed by atoms with van der Waals surface area (Å²) in [6, 6.07) is 21.9. The SMILES string of the molecule is C[C@@H](OCC1(c2ccccc2)CCC(C)(O[N+](=O)[O-])CC1)c1cc(C(F)(F)F)cc(C(F)(F)F)c1.C[C@@H](OCC1(c2ccccc2)CCC(C)(n2cnnc2)CC1)c1cc(C(F)(F)F)cc(C(F)(F)F)c1. The molecule has 1 aromatic heterocycles. The van der Waals surface area contributed by atoms with Crippen molar-refractivity contribution in [3.05, 3.63) is 164 Å². The smallest absolute Gasteiger partial charge is 0.373 e. The predicted molar refractivity (Wildman–Crippen MR) is 235 cm³/mol. The summed E-state index contributed by atoms with van der Waals surface area (Å²) < 4.78 is 173. The number of ether oxygens (including phenoxy) is 2. The lowest BCUT2D eigenvalue weighted by molar-refractivity contribution is -0.781. The number of hydrogen-bond donors (Lipinski definition) is 0. The second kappa shape index (κ2) is 20.8. The molecule has 2 saturated carbocycles. The van der Waals surface area contributed by atoms with Crippen LogP contribution in [0.1, 0.15) is 136 Å². The summed E-state index contributed by atoms with van der Waals surface area (Å²) in [5.74, 6) is 0. The third-order valence-electron chi connectivity index (χ3n) is 14.0. The van der Waals surface area contributed by atoms with Gasteiger partial charge in [0.15, 0.2) is 0 Å². The lowest BCUT2D eigenvalue weighted by Crippen LogP contribution is -2.44. The van der Waals surface area contributed by atoms with Crippen LogP contribution >= 0.6 is 0 Å².